The van der Waals surface area contributed by atoms with E-state index in [0.717, 1.165) is 5.39 Å². The van der Waals surface area contributed by atoms with Gasteiger partial charge in [-0.2, -0.15) is 5.26 Å². The molecule has 0 aliphatic carbocycles. The Morgan fingerprint density at radius 3 is 2.84 bits per heavy atom. The summed E-state index contributed by atoms with van der Waals surface area (Å²) >= 11 is 0. The van der Waals surface area contributed by atoms with Gasteiger partial charge in [-0.05, 0) is 49.3 Å². The standard InChI is InChI=1S/C19H16N2O4/c1-19(2)17(22)16(13-9-11(10-20)7-8-14(13)24-19)23-18-12-5-3-4-6-15(12)25-21-18/h3-9,16-17,22H,1-2H3/t16-,17+/m1/s1. The molecule has 0 bridgehead atoms. The lowest BCUT2D eigenvalue weighted by Crippen LogP contribution is -2.50. The maximum atomic E-state index is 10.8. The lowest BCUT2D eigenvalue weighted by Gasteiger charge is -2.41. The Bertz CT molecular complexity index is 986. The number of aromatic nitrogens is 1. The first kappa shape index (κ1) is 15.5. The molecule has 1 aliphatic rings. The SMILES string of the molecule is CC1(C)Oc2ccc(C#N)cc2[C@@H](Oc2noc3ccccc23)[C@@H]1O. The van der Waals surface area contributed by atoms with Gasteiger partial charge in [-0.3, -0.25) is 0 Å². The van der Waals surface area contributed by atoms with Gasteiger partial charge in [-0.15, -0.1) is 0 Å². The Labute approximate surface area is 144 Å². The molecule has 1 aromatic heterocycles. The van der Waals surface area contributed by atoms with Crippen molar-refractivity contribution in [3.05, 3.63) is 53.6 Å². The molecule has 0 spiro atoms. The van der Waals surface area contributed by atoms with Gasteiger partial charge in [0.1, 0.15) is 17.5 Å². The molecule has 2 aromatic carbocycles. The van der Waals surface area contributed by atoms with Crippen molar-refractivity contribution in [1.29, 1.82) is 5.26 Å². The summed E-state index contributed by atoms with van der Waals surface area (Å²) in [6.07, 6.45) is -1.69. The fraction of sp³-hybridized carbons (Fsp3) is 0.263. The van der Waals surface area contributed by atoms with Crippen molar-refractivity contribution in [3.63, 3.8) is 0 Å². The summed E-state index contributed by atoms with van der Waals surface area (Å²) in [5, 5.41) is 24.6. The number of rotatable bonds is 2. The van der Waals surface area contributed by atoms with Crippen molar-refractivity contribution >= 4 is 11.0 Å². The summed E-state index contributed by atoms with van der Waals surface area (Å²) in [7, 11) is 0. The first-order valence-corrected chi connectivity index (χ1v) is 7.92. The van der Waals surface area contributed by atoms with E-state index in [1.165, 1.54) is 0 Å². The minimum atomic E-state index is -0.954. The van der Waals surface area contributed by atoms with Crippen molar-refractivity contribution in [2.75, 3.05) is 0 Å². The van der Waals surface area contributed by atoms with E-state index >= 15 is 0 Å². The summed E-state index contributed by atoms with van der Waals surface area (Å²) < 4.78 is 17.2. The molecular formula is C19H16N2O4. The van der Waals surface area contributed by atoms with E-state index in [0.29, 0.717) is 28.3 Å². The quantitative estimate of drug-likeness (QED) is 0.772. The number of aliphatic hydroxyl groups is 1. The summed E-state index contributed by atoms with van der Waals surface area (Å²) in [6, 6.07) is 14.5. The number of aliphatic hydroxyl groups excluding tert-OH is 1. The molecule has 1 N–H and O–H groups in total. The van der Waals surface area contributed by atoms with Crippen molar-refractivity contribution in [3.8, 4) is 17.7 Å². The molecule has 4 rings (SSSR count). The maximum absolute atomic E-state index is 10.8. The van der Waals surface area contributed by atoms with E-state index in [4.69, 9.17) is 14.0 Å². The number of ether oxygens (including phenoxy) is 2. The van der Waals surface area contributed by atoms with Gasteiger partial charge in [0.25, 0.3) is 5.88 Å². The van der Waals surface area contributed by atoms with Crippen molar-refractivity contribution in [2.24, 2.45) is 0 Å². The number of benzene rings is 2. The molecule has 6 nitrogen and oxygen atoms in total. The van der Waals surface area contributed by atoms with E-state index in [1.807, 2.05) is 18.2 Å². The van der Waals surface area contributed by atoms with Crippen LogP contribution in [0.15, 0.2) is 47.0 Å². The zero-order valence-electron chi connectivity index (χ0n) is 13.8. The molecule has 6 heteroatoms. The average molecular weight is 336 g/mol. The fourth-order valence-corrected chi connectivity index (χ4v) is 3.01. The van der Waals surface area contributed by atoms with Crippen molar-refractivity contribution in [1.82, 2.24) is 5.16 Å². The minimum absolute atomic E-state index is 0.297. The van der Waals surface area contributed by atoms with Gasteiger partial charge in [-0.1, -0.05) is 12.1 Å². The molecule has 3 aromatic rings. The van der Waals surface area contributed by atoms with Crippen molar-refractivity contribution < 1.29 is 19.1 Å². The Morgan fingerprint density at radius 1 is 1.24 bits per heavy atom. The zero-order chi connectivity index (χ0) is 17.6. The first-order chi connectivity index (χ1) is 12.0. The number of hydrogen-bond donors (Lipinski definition) is 1. The van der Waals surface area contributed by atoms with E-state index in [1.54, 1.807) is 38.1 Å². The lowest BCUT2D eigenvalue weighted by molar-refractivity contribution is -0.104. The second-order valence-electron chi connectivity index (χ2n) is 6.54. The van der Waals surface area contributed by atoms with Gasteiger partial charge >= 0.3 is 0 Å². The summed E-state index contributed by atoms with van der Waals surface area (Å²) in [4.78, 5) is 0. The van der Waals surface area contributed by atoms with Gasteiger partial charge < -0.3 is 19.1 Å². The smallest absolute Gasteiger partial charge is 0.262 e. The van der Waals surface area contributed by atoms with E-state index in [-0.39, 0.29) is 0 Å². The molecule has 0 saturated heterocycles. The number of hydrogen-bond acceptors (Lipinski definition) is 6. The lowest BCUT2D eigenvalue weighted by atomic mass is 9.87. The van der Waals surface area contributed by atoms with Gasteiger partial charge in [0.05, 0.1) is 17.0 Å². The van der Waals surface area contributed by atoms with E-state index in [2.05, 4.69) is 11.2 Å². The number of fused-ring (bicyclic) bond motifs is 2. The highest BCUT2D eigenvalue weighted by atomic mass is 16.6. The predicted octanol–water partition coefficient (Wildman–Crippen LogP) is 3.35. The van der Waals surface area contributed by atoms with Crippen LogP contribution < -0.4 is 9.47 Å². The topological polar surface area (TPSA) is 88.5 Å². The van der Waals surface area contributed by atoms with Crippen LogP contribution in [-0.4, -0.2) is 22.0 Å². The predicted molar refractivity (Wildman–Crippen MR) is 89.2 cm³/mol. The molecule has 2 atom stereocenters. The number of nitriles is 1. The van der Waals surface area contributed by atoms with Crippen LogP contribution in [0.5, 0.6) is 11.6 Å². The third-order valence-electron chi connectivity index (χ3n) is 4.40. The molecule has 0 radical (unpaired) electrons. The Hall–Kier alpha value is -3.04. The number of para-hydroxylation sites is 1. The van der Waals surface area contributed by atoms with E-state index < -0.39 is 17.8 Å². The highest BCUT2D eigenvalue weighted by molar-refractivity contribution is 5.81. The third kappa shape index (κ3) is 2.49. The van der Waals surface area contributed by atoms with Crippen LogP contribution >= 0.6 is 0 Å². The molecule has 2 heterocycles. The monoisotopic (exact) mass is 336 g/mol. The molecule has 25 heavy (non-hydrogen) atoms. The van der Waals surface area contributed by atoms with Crippen LogP contribution in [0, 0.1) is 11.3 Å². The second kappa shape index (κ2) is 5.50. The Morgan fingerprint density at radius 2 is 2.04 bits per heavy atom. The van der Waals surface area contributed by atoms with Crippen LogP contribution in [0.3, 0.4) is 0 Å². The summed E-state index contributed by atoms with van der Waals surface area (Å²) in [6.45, 7) is 3.58. The van der Waals surface area contributed by atoms with E-state index in [9.17, 15) is 10.4 Å². The average Bonchev–Trinajstić information content (AvgIpc) is 3.01. The van der Waals surface area contributed by atoms with Crippen LogP contribution in [0.25, 0.3) is 11.0 Å². The Kier molecular flexibility index (Phi) is 3.41. The largest absolute Gasteiger partial charge is 0.485 e. The zero-order valence-corrected chi connectivity index (χ0v) is 13.8. The summed E-state index contributed by atoms with van der Waals surface area (Å²) in [5.74, 6) is 0.873. The first-order valence-electron chi connectivity index (χ1n) is 7.92. The Balaban J connectivity index is 1.81. The van der Waals surface area contributed by atoms with Crippen LogP contribution in [0.4, 0.5) is 0 Å². The third-order valence-corrected chi connectivity index (χ3v) is 4.40. The van der Waals surface area contributed by atoms with Crippen LogP contribution in [0.1, 0.15) is 31.1 Å². The maximum Gasteiger partial charge on any atom is 0.262 e. The molecular weight excluding hydrogens is 320 g/mol. The normalized spacial score (nSPS) is 21.2. The minimum Gasteiger partial charge on any atom is -0.485 e. The van der Waals surface area contributed by atoms with Gasteiger partial charge in [0, 0.05) is 5.56 Å². The van der Waals surface area contributed by atoms with Crippen LogP contribution in [-0.2, 0) is 0 Å². The second-order valence-corrected chi connectivity index (χ2v) is 6.54. The summed E-state index contributed by atoms with van der Waals surface area (Å²) in [5.41, 5.74) is 0.820. The molecule has 1 aliphatic heterocycles. The molecule has 0 unspecified atom stereocenters. The van der Waals surface area contributed by atoms with Crippen LogP contribution in [0.2, 0.25) is 0 Å². The van der Waals surface area contributed by atoms with Gasteiger partial charge in [0.15, 0.2) is 11.7 Å². The highest BCUT2D eigenvalue weighted by Crippen LogP contribution is 2.43. The van der Waals surface area contributed by atoms with Crippen molar-refractivity contribution in [2.45, 2.75) is 31.7 Å². The molecule has 0 amide bonds. The van der Waals surface area contributed by atoms with Gasteiger partial charge in [0.2, 0.25) is 0 Å². The highest BCUT2D eigenvalue weighted by Gasteiger charge is 2.45. The molecule has 0 fully saturated rings. The number of nitrogens with zero attached hydrogens (tertiary/aromatic N) is 2. The molecule has 0 saturated carbocycles. The van der Waals surface area contributed by atoms with Gasteiger partial charge in [-0.25, -0.2) is 0 Å². The molecule has 126 valence electrons. The fourth-order valence-electron chi connectivity index (χ4n) is 3.01.